The quantitative estimate of drug-likeness (QED) is 0.834. The minimum Gasteiger partial charge on any atom is -0.344 e. The zero-order valence-corrected chi connectivity index (χ0v) is 12.7. The first kappa shape index (κ1) is 12.7. The van der Waals surface area contributed by atoms with Crippen molar-refractivity contribution in [3.63, 3.8) is 0 Å². The molecule has 18 heavy (non-hydrogen) atoms. The Hall–Kier alpha value is -0.280. The van der Waals surface area contributed by atoms with E-state index in [1.165, 1.54) is 59.0 Å². The molecule has 0 atom stereocenters. The van der Waals surface area contributed by atoms with Gasteiger partial charge in [0.1, 0.15) is 0 Å². The van der Waals surface area contributed by atoms with Crippen molar-refractivity contribution in [2.24, 2.45) is 7.05 Å². The molecule has 1 aromatic heterocycles. The second-order valence-electron chi connectivity index (χ2n) is 5.45. The van der Waals surface area contributed by atoms with Gasteiger partial charge < -0.3 is 4.57 Å². The molecule has 0 radical (unpaired) electrons. The predicted molar refractivity (Wildman–Crippen MR) is 82.7 cm³/mol. The minimum absolute atomic E-state index is 0.827. The number of thioether (sulfide) groups is 2. The van der Waals surface area contributed by atoms with Gasteiger partial charge in [0, 0.05) is 38.0 Å². The van der Waals surface area contributed by atoms with E-state index in [2.05, 4.69) is 48.3 Å². The molecule has 3 rings (SSSR count). The fourth-order valence-corrected chi connectivity index (χ4v) is 5.37. The first-order valence-electron chi connectivity index (χ1n) is 6.86. The number of nitrogens with zero attached hydrogens (tertiary/aromatic N) is 1. The monoisotopic (exact) mass is 279 g/mol. The average molecular weight is 279 g/mol. The molecule has 0 aromatic carbocycles. The van der Waals surface area contributed by atoms with Crippen LogP contribution in [-0.2, 0) is 7.05 Å². The van der Waals surface area contributed by atoms with Gasteiger partial charge in [-0.3, -0.25) is 0 Å². The van der Waals surface area contributed by atoms with Crippen molar-refractivity contribution in [1.82, 2.24) is 4.57 Å². The van der Waals surface area contributed by atoms with Gasteiger partial charge >= 0.3 is 0 Å². The van der Waals surface area contributed by atoms with Gasteiger partial charge in [0.25, 0.3) is 0 Å². The largest absolute Gasteiger partial charge is 0.344 e. The Kier molecular flexibility index (Phi) is 3.55. The first-order valence-corrected chi connectivity index (χ1v) is 8.62. The van der Waals surface area contributed by atoms with Crippen molar-refractivity contribution in [3.8, 4) is 0 Å². The van der Waals surface area contributed by atoms with Gasteiger partial charge in [-0.05, 0) is 25.7 Å². The number of hydrogen-bond acceptors (Lipinski definition) is 2. The third kappa shape index (κ3) is 2.16. The molecule has 0 amide bonds. The lowest BCUT2D eigenvalue weighted by Crippen LogP contribution is -2.22. The van der Waals surface area contributed by atoms with Gasteiger partial charge in [0.05, 0.1) is 0 Å². The maximum atomic E-state index is 4.25. The summed E-state index contributed by atoms with van der Waals surface area (Å²) in [6.07, 6.45) is 8.30. The van der Waals surface area contributed by atoms with Crippen molar-refractivity contribution in [1.29, 1.82) is 0 Å². The van der Waals surface area contributed by atoms with Crippen LogP contribution in [0.2, 0.25) is 0 Å². The van der Waals surface area contributed by atoms with E-state index >= 15 is 0 Å². The van der Waals surface area contributed by atoms with Gasteiger partial charge in [-0.15, -0.1) is 23.5 Å². The summed E-state index contributed by atoms with van der Waals surface area (Å²) in [6, 6.07) is 0. The third-order valence-corrected chi connectivity index (χ3v) is 7.30. The normalized spacial score (nSPS) is 20.7. The third-order valence-electron chi connectivity index (χ3n) is 4.21. The van der Waals surface area contributed by atoms with Crippen LogP contribution in [-0.4, -0.2) is 15.1 Å². The zero-order valence-electron chi connectivity index (χ0n) is 11.1. The molecule has 0 aliphatic heterocycles. The second kappa shape index (κ2) is 5.01. The summed E-state index contributed by atoms with van der Waals surface area (Å²) >= 11 is 4.10. The van der Waals surface area contributed by atoms with E-state index in [0.717, 1.165) is 10.5 Å². The molecule has 0 unspecified atom stereocenters. The van der Waals surface area contributed by atoms with E-state index in [0.29, 0.717) is 0 Å². The Morgan fingerprint density at radius 2 is 1.28 bits per heavy atom. The van der Waals surface area contributed by atoms with Crippen molar-refractivity contribution >= 4 is 36.7 Å². The molecule has 0 spiro atoms. The second-order valence-corrected chi connectivity index (χ2v) is 8.07. The molecule has 1 nitrogen and oxygen atoms in total. The fourth-order valence-electron chi connectivity index (χ4n) is 2.28. The predicted octanol–water partition coefficient (Wildman–Crippen LogP) is 3.13. The molecule has 1 heterocycles. The molecule has 98 valence electrons. The van der Waals surface area contributed by atoms with Gasteiger partial charge in [-0.25, -0.2) is 0 Å². The van der Waals surface area contributed by atoms with Crippen molar-refractivity contribution in [3.05, 3.63) is 10.7 Å². The van der Waals surface area contributed by atoms with Crippen LogP contribution in [0.3, 0.4) is 0 Å². The highest BCUT2D eigenvalue weighted by Gasteiger charge is 2.25. The SMILES string of the molecule is C=c1c(SC2CCC2)c(SC2CCC2)c(=C)n1C. The fraction of sp³-hybridized carbons (Fsp3) is 0.600. The van der Waals surface area contributed by atoms with Crippen LogP contribution >= 0.6 is 23.5 Å². The lowest BCUT2D eigenvalue weighted by atomic mass is 10.00. The molecule has 3 heteroatoms. The first-order chi connectivity index (χ1) is 8.66. The Bertz CT molecular complexity index is 490. The maximum Gasteiger partial charge on any atom is 0.0485 e. The van der Waals surface area contributed by atoms with Crippen LogP contribution in [0.25, 0.3) is 13.2 Å². The molecular weight excluding hydrogens is 258 g/mol. The van der Waals surface area contributed by atoms with Crippen molar-refractivity contribution in [2.45, 2.75) is 58.8 Å². The van der Waals surface area contributed by atoms with Crippen LogP contribution in [0, 0.1) is 0 Å². The minimum atomic E-state index is 0.827. The molecular formula is C15H21NS2. The van der Waals surface area contributed by atoms with E-state index in [-0.39, 0.29) is 0 Å². The number of rotatable bonds is 4. The van der Waals surface area contributed by atoms with E-state index in [4.69, 9.17) is 0 Å². The van der Waals surface area contributed by atoms with E-state index in [9.17, 15) is 0 Å². The molecule has 1 aromatic rings. The summed E-state index contributed by atoms with van der Waals surface area (Å²) in [5.74, 6) is 0. The highest BCUT2D eigenvalue weighted by molar-refractivity contribution is 8.03. The summed E-state index contributed by atoms with van der Waals surface area (Å²) in [5, 5.41) is 3.98. The van der Waals surface area contributed by atoms with E-state index in [1.54, 1.807) is 0 Å². The standard InChI is InChI=1S/C15H21NS2/c1-10-14(17-12-6-4-7-12)15(11(2)16(10)3)18-13-8-5-9-13/h12-13H,1-2,4-9H2,3H3. The molecule has 2 aliphatic carbocycles. The summed E-state index contributed by atoms with van der Waals surface area (Å²) in [6.45, 7) is 8.51. The number of aromatic nitrogens is 1. The van der Waals surface area contributed by atoms with E-state index < -0.39 is 0 Å². The van der Waals surface area contributed by atoms with Crippen molar-refractivity contribution in [2.75, 3.05) is 0 Å². The smallest absolute Gasteiger partial charge is 0.0485 e. The Morgan fingerprint density at radius 1 is 0.889 bits per heavy atom. The lowest BCUT2D eigenvalue weighted by molar-refractivity contribution is 0.520. The Balaban J connectivity index is 1.90. The highest BCUT2D eigenvalue weighted by atomic mass is 32.2. The van der Waals surface area contributed by atoms with Crippen LogP contribution in [0.1, 0.15) is 38.5 Å². The Morgan fingerprint density at radius 3 is 1.56 bits per heavy atom. The van der Waals surface area contributed by atoms with Gasteiger partial charge in [0.15, 0.2) is 0 Å². The van der Waals surface area contributed by atoms with Gasteiger partial charge in [-0.2, -0.15) is 0 Å². The average Bonchev–Trinajstić information content (AvgIpc) is 2.43. The molecule has 2 saturated carbocycles. The molecule has 0 bridgehead atoms. The Labute approximate surface area is 118 Å². The van der Waals surface area contributed by atoms with Crippen LogP contribution in [0.4, 0.5) is 0 Å². The van der Waals surface area contributed by atoms with Crippen LogP contribution < -0.4 is 10.7 Å². The highest BCUT2D eigenvalue weighted by Crippen LogP contribution is 2.41. The molecule has 2 aliphatic rings. The molecule has 0 N–H and O–H groups in total. The topological polar surface area (TPSA) is 4.93 Å². The van der Waals surface area contributed by atoms with E-state index in [1.807, 2.05) is 0 Å². The summed E-state index contributed by atoms with van der Waals surface area (Å²) in [5.41, 5.74) is 0. The molecule has 0 saturated heterocycles. The van der Waals surface area contributed by atoms with Crippen molar-refractivity contribution < 1.29 is 0 Å². The van der Waals surface area contributed by atoms with Gasteiger partial charge in [-0.1, -0.05) is 26.0 Å². The number of hydrogen-bond donors (Lipinski definition) is 0. The summed E-state index contributed by atoms with van der Waals surface area (Å²) < 4.78 is 2.17. The molecule has 2 fully saturated rings. The van der Waals surface area contributed by atoms with Crippen LogP contribution in [0.15, 0.2) is 9.79 Å². The van der Waals surface area contributed by atoms with Gasteiger partial charge in [0.2, 0.25) is 0 Å². The summed E-state index contributed by atoms with van der Waals surface area (Å²) in [4.78, 5) is 2.84. The maximum absolute atomic E-state index is 4.25. The van der Waals surface area contributed by atoms with Crippen LogP contribution in [0.5, 0.6) is 0 Å². The lowest BCUT2D eigenvalue weighted by Gasteiger charge is -2.27. The summed E-state index contributed by atoms with van der Waals surface area (Å²) in [7, 11) is 2.10. The zero-order chi connectivity index (χ0) is 12.7.